The summed E-state index contributed by atoms with van der Waals surface area (Å²) in [7, 11) is 0. The van der Waals surface area contributed by atoms with Crippen molar-refractivity contribution in [2.45, 2.75) is 45.6 Å². The molecule has 27 heavy (non-hydrogen) atoms. The minimum atomic E-state index is -4.68. The number of guanidine groups is 1. The molecule has 1 aliphatic rings. The molecule has 0 radical (unpaired) electrons. The second kappa shape index (κ2) is 10.9. The Labute approximate surface area is 175 Å². The molecule has 3 N–H and O–H groups in total. The van der Waals surface area contributed by atoms with Crippen molar-refractivity contribution in [1.29, 1.82) is 0 Å². The number of aliphatic imine (C=N–C) groups is 1. The minimum absolute atomic E-state index is 0. The summed E-state index contributed by atoms with van der Waals surface area (Å²) in [6.45, 7) is 7.66. The number of piperidine rings is 1. The molecule has 1 heterocycles. The number of nitrogens with zero attached hydrogens (tertiary/aromatic N) is 2. The molecular formula is C18H28F3IN4O. The van der Waals surface area contributed by atoms with E-state index in [0.29, 0.717) is 25.1 Å². The minimum Gasteiger partial charge on any atom is -0.406 e. The quantitative estimate of drug-likeness (QED) is 0.355. The van der Waals surface area contributed by atoms with E-state index < -0.39 is 6.36 Å². The molecule has 9 heteroatoms. The molecule has 0 spiro atoms. The van der Waals surface area contributed by atoms with E-state index >= 15 is 0 Å². The zero-order valence-corrected chi connectivity index (χ0v) is 18.0. The van der Waals surface area contributed by atoms with E-state index in [1.807, 2.05) is 0 Å². The summed E-state index contributed by atoms with van der Waals surface area (Å²) in [6, 6.07) is 5.98. The first kappa shape index (κ1) is 23.8. The summed E-state index contributed by atoms with van der Waals surface area (Å²) in [5.41, 5.74) is 6.63. The van der Waals surface area contributed by atoms with Crippen molar-refractivity contribution in [1.82, 2.24) is 10.2 Å². The third kappa shape index (κ3) is 9.00. The molecule has 0 saturated carbocycles. The van der Waals surface area contributed by atoms with E-state index in [2.05, 4.69) is 33.8 Å². The first-order chi connectivity index (χ1) is 12.2. The van der Waals surface area contributed by atoms with Crippen molar-refractivity contribution in [3.8, 4) is 5.75 Å². The van der Waals surface area contributed by atoms with Crippen LogP contribution in [0.4, 0.5) is 13.2 Å². The number of hydrogen-bond acceptors (Lipinski definition) is 3. The molecule has 2 rings (SSSR count). The maximum atomic E-state index is 12.1. The Morgan fingerprint density at radius 1 is 1.30 bits per heavy atom. The molecule has 1 saturated heterocycles. The maximum Gasteiger partial charge on any atom is 0.573 e. The first-order valence-electron chi connectivity index (χ1n) is 8.85. The largest absolute Gasteiger partial charge is 0.573 e. The van der Waals surface area contributed by atoms with E-state index in [1.54, 1.807) is 0 Å². The molecule has 0 amide bonds. The van der Waals surface area contributed by atoms with Crippen molar-refractivity contribution < 1.29 is 17.9 Å². The van der Waals surface area contributed by atoms with Gasteiger partial charge in [-0.3, -0.25) is 4.90 Å². The third-order valence-electron chi connectivity index (χ3n) is 4.61. The average molecular weight is 500 g/mol. The van der Waals surface area contributed by atoms with Crippen LogP contribution in [0.2, 0.25) is 0 Å². The van der Waals surface area contributed by atoms with Crippen LogP contribution in [0.3, 0.4) is 0 Å². The Kier molecular flexibility index (Phi) is 9.65. The topological polar surface area (TPSA) is 62.9 Å². The van der Waals surface area contributed by atoms with E-state index in [4.69, 9.17) is 5.73 Å². The van der Waals surface area contributed by atoms with Gasteiger partial charge >= 0.3 is 6.36 Å². The Morgan fingerprint density at radius 3 is 2.44 bits per heavy atom. The van der Waals surface area contributed by atoms with Crippen LogP contribution < -0.4 is 15.8 Å². The van der Waals surface area contributed by atoms with Gasteiger partial charge in [0.2, 0.25) is 0 Å². The predicted molar refractivity (Wildman–Crippen MR) is 111 cm³/mol. The number of likely N-dealkylation sites (tertiary alicyclic amines) is 1. The monoisotopic (exact) mass is 500 g/mol. The highest BCUT2D eigenvalue weighted by Crippen LogP contribution is 2.23. The normalized spacial score (nSPS) is 17.9. The van der Waals surface area contributed by atoms with Crippen molar-refractivity contribution >= 4 is 29.9 Å². The van der Waals surface area contributed by atoms with Gasteiger partial charge in [-0.15, -0.1) is 37.1 Å². The van der Waals surface area contributed by atoms with Crippen LogP contribution in [0.25, 0.3) is 0 Å². The van der Waals surface area contributed by atoms with Gasteiger partial charge in [0.1, 0.15) is 5.75 Å². The Bertz CT molecular complexity index is 587. The van der Waals surface area contributed by atoms with E-state index in [-0.39, 0.29) is 29.7 Å². The fourth-order valence-corrected chi connectivity index (χ4v) is 2.88. The van der Waals surface area contributed by atoms with Gasteiger partial charge in [-0.2, -0.15) is 0 Å². The predicted octanol–water partition coefficient (Wildman–Crippen LogP) is 3.73. The summed E-state index contributed by atoms with van der Waals surface area (Å²) in [5.74, 6) is 0.879. The van der Waals surface area contributed by atoms with E-state index in [0.717, 1.165) is 24.6 Å². The van der Waals surface area contributed by atoms with Crippen LogP contribution in [-0.2, 0) is 6.54 Å². The van der Waals surface area contributed by atoms with E-state index in [9.17, 15) is 13.2 Å². The lowest BCUT2D eigenvalue weighted by Gasteiger charge is -2.35. The van der Waals surface area contributed by atoms with Crippen LogP contribution in [0, 0.1) is 5.92 Å². The summed E-state index contributed by atoms with van der Waals surface area (Å²) in [6.07, 6.45) is -2.24. The molecule has 1 fully saturated rings. The van der Waals surface area contributed by atoms with E-state index in [1.165, 1.54) is 37.1 Å². The zero-order valence-electron chi connectivity index (χ0n) is 15.6. The number of halogens is 4. The highest BCUT2D eigenvalue weighted by atomic mass is 127. The van der Waals surface area contributed by atoms with Crippen molar-refractivity contribution in [2.75, 3.05) is 19.6 Å². The molecule has 0 bridgehead atoms. The van der Waals surface area contributed by atoms with Gasteiger partial charge in [-0.1, -0.05) is 19.1 Å². The third-order valence-corrected chi connectivity index (χ3v) is 4.61. The van der Waals surface area contributed by atoms with Gasteiger partial charge in [-0.05, 0) is 56.5 Å². The number of nitrogens with two attached hydrogens (primary N) is 1. The molecule has 1 aromatic carbocycles. The summed E-state index contributed by atoms with van der Waals surface area (Å²) < 4.78 is 40.2. The second-order valence-electron chi connectivity index (χ2n) is 6.84. The lowest BCUT2D eigenvalue weighted by Crippen LogP contribution is -2.47. The molecule has 0 aromatic heterocycles. The summed E-state index contributed by atoms with van der Waals surface area (Å²) in [5, 5.41) is 3.12. The fraction of sp³-hybridized carbons (Fsp3) is 0.611. The standard InChI is InChI=1S/C18H27F3N4O.HI/c1-13-7-9-25(10-8-13)14(2)11-23-17(22)24-12-15-3-5-16(6-4-15)26-18(19,20)21;/h3-6,13-14H,7-12H2,1-2H3,(H3,22,23,24);1H. The van der Waals surface area contributed by atoms with Gasteiger partial charge in [0.25, 0.3) is 0 Å². The second-order valence-corrected chi connectivity index (χ2v) is 6.84. The highest BCUT2D eigenvalue weighted by molar-refractivity contribution is 14.0. The summed E-state index contributed by atoms with van der Waals surface area (Å²) in [4.78, 5) is 6.67. The molecule has 0 aliphatic carbocycles. The Balaban J connectivity index is 0.00000364. The van der Waals surface area contributed by atoms with Crippen LogP contribution in [0.15, 0.2) is 29.3 Å². The van der Waals surface area contributed by atoms with Crippen molar-refractivity contribution in [3.63, 3.8) is 0 Å². The number of ether oxygens (including phenoxy) is 1. The number of nitrogens with one attached hydrogen (secondary N) is 1. The van der Waals surface area contributed by atoms with Crippen LogP contribution in [0.1, 0.15) is 32.3 Å². The molecule has 1 unspecified atom stereocenters. The molecular weight excluding hydrogens is 472 g/mol. The fourth-order valence-electron chi connectivity index (χ4n) is 2.88. The van der Waals surface area contributed by atoms with Crippen molar-refractivity contribution in [3.05, 3.63) is 29.8 Å². The maximum absolute atomic E-state index is 12.1. The number of alkyl halides is 3. The van der Waals surface area contributed by atoms with Gasteiger partial charge in [0.15, 0.2) is 5.96 Å². The smallest absolute Gasteiger partial charge is 0.406 e. The lowest BCUT2D eigenvalue weighted by molar-refractivity contribution is -0.274. The molecule has 5 nitrogen and oxygen atoms in total. The lowest BCUT2D eigenvalue weighted by atomic mass is 9.98. The van der Waals surface area contributed by atoms with Gasteiger partial charge in [0.05, 0.1) is 6.54 Å². The summed E-state index contributed by atoms with van der Waals surface area (Å²) >= 11 is 0. The molecule has 1 aromatic rings. The van der Waals surface area contributed by atoms with Gasteiger partial charge < -0.3 is 15.8 Å². The van der Waals surface area contributed by atoms with Gasteiger partial charge in [0, 0.05) is 12.6 Å². The average Bonchev–Trinajstić information content (AvgIpc) is 2.58. The van der Waals surface area contributed by atoms with Crippen molar-refractivity contribution in [2.24, 2.45) is 16.6 Å². The SMILES string of the molecule is CC1CCN(C(C)CNC(N)=NCc2ccc(OC(F)(F)F)cc2)CC1.I. The van der Waals surface area contributed by atoms with Crippen LogP contribution in [-0.4, -0.2) is 42.9 Å². The van der Waals surface area contributed by atoms with Crippen LogP contribution in [0.5, 0.6) is 5.75 Å². The van der Waals surface area contributed by atoms with Crippen LogP contribution >= 0.6 is 24.0 Å². The number of rotatable bonds is 6. The molecule has 1 atom stereocenters. The Hall–Kier alpha value is -1.23. The molecule has 1 aliphatic heterocycles. The Morgan fingerprint density at radius 2 is 1.89 bits per heavy atom. The first-order valence-corrected chi connectivity index (χ1v) is 8.85. The number of benzene rings is 1. The number of hydrogen-bond donors (Lipinski definition) is 2. The highest BCUT2D eigenvalue weighted by Gasteiger charge is 2.30. The van der Waals surface area contributed by atoms with Gasteiger partial charge in [-0.25, -0.2) is 4.99 Å². The zero-order chi connectivity index (χ0) is 19.2. The molecule has 154 valence electrons.